The summed E-state index contributed by atoms with van der Waals surface area (Å²) < 4.78 is 0. The van der Waals surface area contributed by atoms with Crippen LogP contribution in [0, 0.1) is 0 Å². The second-order valence-corrected chi connectivity index (χ2v) is 2.77. The topological polar surface area (TPSA) is 83.5 Å². The lowest BCUT2D eigenvalue weighted by Crippen LogP contribution is -2.27. The van der Waals surface area contributed by atoms with Crippen molar-refractivity contribution in [3.63, 3.8) is 0 Å². The van der Waals surface area contributed by atoms with Crippen LogP contribution in [0.2, 0.25) is 0 Å². The standard InChI is InChI=1S/C9H11NO3/c10-8(9(12)13)5-6-1-3-7(11)4-2-6/h1,3-5,8,11H,2,10H2,(H,12,13)/b6-5+. The van der Waals surface area contributed by atoms with Gasteiger partial charge in [-0.25, -0.2) is 0 Å². The molecule has 0 amide bonds. The summed E-state index contributed by atoms with van der Waals surface area (Å²) in [5.41, 5.74) is 6.09. The first kappa shape index (κ1) is 9.54. The number of rotatable bonds is 2. The number of carboxylic acid groups (broad SMARTS) is 1. The predicted octanol–water partition coefficient (Wildman–Crippen LogP) is 0.726. The Hall–Kier alpha value is -1.55. The zero-order valence-electron chi connectivity index (χ0n) is 6.97. The molecule has 4 heteroatoms. The van der Waals surface area contributed by atoms with Crippen LogP contribution in [-0.4, -0.2) is 22.2 Å². The van der Waals surface area contributed by atoms with Crippen LogP contribution in [0.15, 0.2) is 35.6 Å². The Morgan fingerprint density at radius 2 is 2.31 bits per heavy atom. The fraction of sp³-hybridized carbons (Fsp3) is 0.222. The van der Waals surface area contributed by atoms with Crippen LogP contribution < -0.4 is 5.73 Å². The van der Waals surface area contributed by atoms with Gasteiger partial charge in [0, 0.05) is 0 Å². The van der Waals surface area contributed by atoms with E-state index in [0.29, 0.717) is 6.42 Å². The molecule has 4 nitrogen and oxygen atoms in total. The third kappa shape index (κ3) is 2.76. The van der Waals surface area contributed by atoms with Gasteiger partial charge in [-0.2, -0.15) is 0 Å². The Morgan fingerprint density at radius 3 is 2.77 bits per heavy atom. The largest absolute Gasteiger partial charge is 0.508 e. The molecule has 1 rings (SSSR count). The van der Waals surface area contributed by atoms with Crippen LogP contribution in [0.5, 0.6) is 0 Å². The normalized spacial score (nSPS) is 21.3. The molecular weight excluding hydrogens is 170 g/mol. The fourth-order valence-electron chi connectivity index (χ4n) is 0.976. The van der Waals surface area contributed by atoms with Crippen molar-refractivity contribution >= 4 is 5.97 Å². The molecule has 0 heterocycles. The molecule has 0 fully saturated rings. The molecule has 70 valence electrons. The number of aliphatic hydroxyl groups excluding tert-OH is 1. The smallest absolute Gasteiger partial charge is 0.324 e. The molecule has 0 spiro atoms. The van der Waals surface area contributed by atoms with Gasteiger partial charge in [0.2, 0.25) is 0 Å². The number of aliphatic carboxylic acids is 1. The maximum atomic E-state index is 10.4. The predicted molar refractivity (Wildman–Crippen MR) is 48.2 cm³/mol. The Bertz CT molecular complexity index is 302. The van der Waals surface area contributed by atoms with Gasteiger partial charge >= 0.3 is 5.97 Å². The highest BCUT2D eigenvalue weighted by Crippen LogP contribution is 2.13. The highest BCUT2D eigenvalue weighted by atomic mass is 16.4. The molecule has 0 aromatic heterocycles. The van der Waals surface area contributed by atoms with E-state index in [9.17, 15) is 4.79 Å². The first-order valence-corrected chi connectivity index (χ1v) is 3.86. The average molecular weight is 181 g/mol. The van der Waals surface area contributed by atoms with Crippen molar-refractivity contribution in [2.75, 3.05) is 0 Å². The van der Waals surface area contributed by atoms with Crippen molar-refractivity contribution in [2.24, 2.45) is 5.73 Å². The zero-order valence-corrected chi connectivity index (χ0v) is 6.97. The fourth-order valence-corrected chi connectivity index (χ4v) is 0.976. The van der Waals surface area contributed by atoms with Gasteiger partial charge in [0.05, 0.1) is 0 Å². The first-order valence-electron chi connectivity index (χ1n) is 3.86. The van der Waals surface area contributed by atoms with Crippen molar-refractivity contribution < 1.29 is 15.0 Å². The minimum atomic E-state index is -1.06. The Labute approximate surface area is 75.7 Å². The van der Waals surface area contributed by atoms with Crippen LogP contribution in [0.3, 0.4) is 0 Å². The summed E-state index contributed by atoms with van der Waals surface area (Å²) in [5, 5.41) is 17.5. The van der Waals surface area contributed by atoms with E-state index in [4.69, 9.17) is 15.9 Å². The van der Waals surface area contributed by atoms with Crippen LogP contribution in [0.1, 0.15) is 6.42 Å². The molecule has 0 saturated carbocycles. The van der Waals surface area contributed by atoms with E-state index >= 15 is 0 Å². The number of carbonyl (C=O) groups is 1. The number of nitrogens with two attached hydrogens (primary N) is 1. The van der Waals surface area contributed by atoms with E-state index in [1.165, 1.54) is 12.2 Å². The van der Waals surface area contributed by atoms with Crippen LogP contribution in [0.4, 0.5) is 0 Å². The lowest BCUT2D eigenvalue weighted by Gasteiger charge is -2.06. The molecule has 0 aliphatic heterocycles. The molecule has 1 aliphatic rings. The van der Waals surface area contributed by atoms with Gasteiger partial charge in [-0.3, -0.25) is 4.79 Å². The molecule has 0 aromatic rings. The minimum Gasteiger partial charge on any atom is -0.508 e. The van der Waals surface area contributed by atoms with Crippen LogP contribution in [0.25, 0.3) is 0 Å². The van der Waals surface area contributed by atoms with E-state index in [-0.39, 0.29) is 5.76 Å². The summed E-state index contributed by atoms with van der Waals surface area (Å²) >= 11 is 0. The summed E-state index contributed by atoms with van der Waals surface area (Å²) in [7, 11) is 0. The zero-order chi connectivity index (χ0) is 9.84. The van der Waals surface area contributed by atoms with E-state index in [1.54, 1.807) is 12.2 Å². The van der Waals surface area contributed by atoms with Gasteiger partial charge in [-0.1, -0.05) is 12.2 Å². The highest BCUT2D eigenvalue weighted by Gasteiger charge is 2.09. The van der Waals surface area contributed by atoms with Crippen LogP contribution >= 0.6 is 0 Å². The minimum absolute atomic E-state index is 0.195. The lowest BCUT2D eigenvalue weighted by molar-refractivity contribution is -0.137. The third-order valence-electron chi connectivity index (χ3n) is 1.69. The molecule has 0 aromatic carbocycles. The SMILES string of the molecule is NC(/C=C1\C=CC(O)=CC1)C(=O)O. The Kier molecular flexibility index (Phi) is 2.87. The number of aliphatic hydroxyl groups is 1. The maximum Gasteiger partial charge on any atom is 0.324 e. The molecule has 1 unspecified atom stereocenters. The average Bonchev–Trinajstić information content (AvgIpc) is 2.08. The summed E-state index contributed by atoms with van der Waals surface area (Å²) in [4.78, 5) is 10.4. The van der Waals surface area contributed by atoms with Gasteiger partial charge < -0.3 is 15.9 Å². The molecule has 1 atom stereocenters. The number of carboxylic acids is 1. The second kappa shape index (κ2) is 3.91. The summed E-state index contributed by atoms with van der Waals surface area (Å²) in [6.45, 7) is 0. The number of allylic oxidation sites excluding steroid dienone is 4. The van der Waals surface area contributed by atoms with E-state index in [0.717, 1.165) is 5.57 Å². The van der Waals surface area contributed by atoms with Gasteiger partial charge in [0.1, 0.15) is 11.8 Å². The van der Waals surface area contributed by atoms with Gasteiger partial charge in [-0.15, -0.1) is 0 Å². The summed E-state index contributed by atoms with van der Waals surface area (Å²) in [6.07, 6.45) is 6.73. The number of hydrogen-bond donors (Lipinski definition) is 3. The van der Waals surface area contributed by atoms with Crippen molar-refractivity contribution in [3.05, 3.63) is 35.6 Å². The molecular formula is C9H11NO3. The van der Waals surface area contributed by atoms with E-state index in [1.807, 2.05) is 0 Å². The molecule has 0 saturated heterocycles. The number of hydrogen-bond acceptors (Lipinski definition) is 3. The van der Waals surface area contributed by atoms with Crippen molar-refractivity contribution in [1.82, 2.24) is 0 Å². The van der Waals surface area contributed by atoms with Gasteiger partial charge in [0.25, 0.3) is 0 Å². The monoisotopic (exact) mass is 181 g/mol. The highest BCUT2D eigenvalue weighted by molar-refractivity contribution is 5.75. The van der Waals surface area contributed by atoms with Crippen molar-refractivity contribution in [1.29, 1.82) is 0 Å². The Morgan fingerprint density at radius 1 is 1.62 bits per heavy atom. The lowest BCUT2D eigenvalue weighted by atomic mass is 10.0. The third-order valence-corrected chi connectivity index (χ3v) is 1.69. The summed E-state index contributed by atoms with van der Waals surface area (Å²) in [5.74, 6) is -0.860. The van der Waals surface area contributed by atoms with Gasteiger partial charge in [0.15, 0.2) is 0 Å². The molecule has 0 radical (unpaired) electrons. The van der Waals surface area contributed by atoms with Gasteiger partial charge in [-0.05, 0) is 24.1 Å². The first-order chi connectivity index (χ1) is 6.09. The van der Waals surface area contributed by atoms with Crippen molar-refractivity contribution in [3.8, 4) is 0 Å². The molecule has 0 bridgehead atoms. The summed E-state index contributed by atoms with van der Waals surface area (Å²) in [6, 6.07) is -0.978. The maximum absolute atomic E-state index is 10.4. The Balaban J connectivity index is 2.66. The molecule has 1 aliphatic carbocycles. The van der Waals surface area contributed by atoms with E-state index < -0.39 is 12.0 Å². The van der Waals surface area contributed by atoms with E-state index in [2.05, 4.69) is 0 Å². The molecule has 13 heavy (non-hydrogen) atoms. The molecule has 4 N–H and O–H groups in total. The quantitative estimate of drug-likeness (QED) is 0.586. The van der Waals surface area contributed by atoms with Crippen molar-refractivity contribution in [2.45, 2.75) is 12.5 Å². The van der Waals surface area contributed by atoms with Crippen LogP contribution in [-0.2, 0) is 4.79 Å². The second-order valence-electron chi connectivity index (χ2n) is 2.77.